The highest BCUT2D eigenvalue weighted by atomic mass is 35.5. The maximum atomic E-state index is 13.8. The van der Waals surface area contributed by atoms with Gasteiger partial charge in [0.2, 0.25) is 11.8 Å². The summed E-state index contributed by atoms with van der Waals surface area (Å²) in [6.45, 7) is 0.483. The fraction of sp³-hybridized carbons (Fsp3) is 0.355. The third kappa shape index (κ3) is 8.63. The number of hydrogen-bond donors (Lipinski definition) is 1. The summed E-state index contributed by atoms with van der Waals surface area (Å²) in [6.07, 6.45) is 5.18. The lowest BCUT2D eigenvalue weighted by Crippen LogP contribution is -2.52. The van der Waals surface area contributed by atoms with E-state index in [4.69, 9.17) is 39.5 Å². The van der Waals surface area contributed by atoms with Gasteiger partial charge in [0, 0.05) is 46.1 Å². The van der Waals surface area contributed by atoms with E-state index < -0.39 is 6.04 Å². The molecule has 2 amide bonds. The standard InChI is InChI=1S/C31H33Cl3N2O3/c32-23-15-17-25(18-16-23)39-19-7-14-30(37)36(21-26-27(33)12-6-13-28(26)34)29(20-22-8-2-1-3-9-22)31(38)35-24-10-4-5-11-24/h1-3,6,8-9,12-13,15-18,24,29H,4-5,7,10-11,14,19-21H2,(H,35,38)/t29-/m0/s1. The summed E-state index contributed by atoms with van der Waals surface area (Å²) in [5.74, 6) is 0.373. The largest absolute Gasteiger partial charge is 0.494 e. The zero-order valence-electron chi connectivity index (χ0n) is 21.8. The zero-order valence-corrected chi connectivity index (χ0v) is 24.0. The Morgan fingerprint density at radius 2 is 1.56 bits per heavy atom. The minimum atomic E-state index is -0.718. The molecule has 3 aromatic rings. The van der Waals surface area contributed by atoms with Crippen LogP contribution in [-0.2, 0) is 22.6 Å². The molecule has 3 aromatic carbocycles. The van der Waals surface area contributed by atoms with Gasteiger partial charge in [0.15, 0.2) is 0 Å². The third-order valence-corrected chi connectivity index (χ3v) is 7.94. The van der Waals surface area contributed by atoms with Crippen molar-refractivity contribution >= 4 is 46.6 Å². The molecular weight excluding hydrogens is 555 g/mol. The second-order valence-electron chi connectivity index (χ2n) is 9.82. The molecule has 0 aliphatic heterocycles. The molecule has 0 spiro atoms. The van der Waals surface area contributed by atoms with Crippen LogP contribution in [0.25, 0.3) is 0 Å². The summed E-state index contributed by atoms with van der Waals surface area (Å²) in [6, 6.07) is 21.5. The van der Waals surface area contributed by atoms with Crippen LogP contribution in [0.5, 0.6) is 5.75 Å². The first-order valence-electron chi connectivity index (χ1n) is 13.4. The van der Waals surface area contributed by atoms with Gasteiger partial charge in [0.1, 0.15) is 11.8 Å². The van der Waals surface area contributed by atoms with E-state index in [1.165, 1.54) is 0 Å². The Hall–Kier alpha value is -2.73. The molecule has 0 radical (unpaired) electrons. The van der Waals surface area contributed by atoms with Crippen LogP contribution in [0.4, 0.5) is 0 Å². The first-order valence-corrected chi connectivity index (χ1v) is 14.5. The third-order valence-electron chi connectivity index (χ3n) is 6.98. The van der Waals surface area contributed by atoms with E-state index in [9.17, 15) is 9.59 Å². The van der Waals surface area contributed by atoms with Crippen molar-refractivity contribution in [3.8, 4) is 5.75 Å². The molecule has 1 fully saturated rings. The molecule has 0 aromatic heterocycles. The van der Waals surface area contributed by atoms with Crippen molar-refractivity contribution in [2.45, 2.75) is 63.6 Å². The highest BCUT2D eigenvalue weighted by Crippen LogP contribution is 2.28. The fourth-order valence-electron chi connectivity index (χ4n) is 4.86. The highest BCUT2D eigenvalue weighted by Gasteiger charge is 2.32. The molecule has 0 bridgehead atoms. The maximum Gasteiger partial charge on any atom is 0.243 e. The number of carbonyl (C=O) groups is 2. The van der Waals surface area contributed by atoms with Gasteiger partial charge < -0.3 is 15.0 Å². The van der Waals surface area contributed by atoms with Crippen molar-refractivity contribution in [2.75, 3.05) is 6.61 Å². The molecule has 39 heavy (non-hydrogen) atoms. The molecule has 1 N–H and O–H groups in total. The number of amides is 2. The Labute approximate surface area is 245 Å². The van der Waals surface area contributed by atoms with Gasteiger partial charge in [-0.05, 0) is 61.2 Å². The zero-order chi connectivity index (χ0) is 27.6. The molecule has 206 valence electrons. The predicted octanol–water partition coefficient (Wildman–Crippen LogP) is 7.50. The molecule has 1 saturated carbocycles. The number of benzene rings is 3. The summed E-state index contributed by atoms with van der Waals surface area (Å²) in [7, 11) is 0. The van der Waals surface area contributed by atoms with Gasteiger partial charge in [0.25, 0.3) is 0 Å². The molecule has 5 nitrogen and oxygen atoms in total. The van der Waals surface area contributed by atoms with Gasteiger partial charge in [-0.1, -0.05) is 84.0 Å². The van der Waals surface area contributed by atoms with E-state index in [0.29, 0.717) is 45.8 Å². The fourth-order valence-corrected chi connectivity index (χ4v) is 5.51. The van der Waals surface area contributed by atoms with E-state index in [0.717, 1.165) is 31.2 Å². The Balaban J connectivity index is 1.55. The van der Waals surface area contributed by atoms with Gasteiger partial charge in [-0.25, -0.2) is 0 Å². The maximum absolute atomic E-state index is 13.8. The quantitative estimate of drug-likeness (QED) is 0.223. The summed E-state index contributed by atoms with van der Waals surface area (Å²) >= 11 is 19.0. The molecule has 1 aliphatic carbocycles. The summed E-state index contributed by atoms with van der Waals surface area (Å²) in [5.41, 5.74) is 1.59. The SMILES string of the molecule is O=C(NC1CCCC1)[C@H](Cc1ccccc1)N(Cc1c(Cl)cccc1Cl)C(=O)CCCOc1ccc(Cl)cc1. The van der Waals surface area contributed by atoms with Crippen molar-refractivity contribution in [3.63, 3.8) is 0 Å². The van der Waals surface area contributed by atoms with E-state index in [1.807, 2.05) is 30.3 Å². The molecule has 8 heteroatoms. The molecule has 0 unspecified atom stereocenters. The number of nitrogens with zero attached hydrogens (tertiary/aromatic N) is 1. The number of halogens is 3. The summed E-state index contributed by atoms with van der Waals surface area (Å²) < 4.78 is 5.79. The van der Waals surface area contributed by atoms with Crippen molar-refractivity contribution < 1.29 is 14.3 Å². The Kier molecular flexibility index (Phi) is 11.0. The van der Waals surface area contributed by atoms with E-state index in [1.54, 1.807) is 47.4 Å². The van der Waals surface area contributed by atoms with Crippen LogP contribution in [-0.4, -0.2) is 35.4 Å². The van der Waals surface area contributed by atoms with Crippen molar-refractivity contribution in [1.29, 1.82) is 0 Å². The van der Waals surface area contributed by atoms with Crippen molar-refractivity contribution in [2.24, 2.45) is 0 Å². The number of ether oxygens (including phenoxy) is 1. The summed E-state index contributed by atoms with van der Waals surface area (Å²) in [5, 5.41) is 4.76. The highest BCUT2D eigenvalue weighted by molar-refractivity contribution is 6.36. The average Bonchev–Trinajstić information content (AvgIpc) is 3.44. The van der Waals surface area contributed by atoms with Gasteiger partial charge >= 0.3 is 0 Å². The van der Waals surface area contributed by atoms with Gasteiger partial charge in [0.05, 0.1) is 6.61 Å². The lowest BCUT2D eigenvalue weighted by Gasteiger charge is -2.33. The second-order valence-corrected chi connectivity index (χ2v) is 11.1. The number of rotatable bonds is 12. The van der Waals surface area contributed by atoms with Gasteiger partial charge in [-0.15, -0.1) is 0 Å². The molecular formula is C31H33Cl3N2O3. The average molecular weight is 588 g/mol. The first kappa shape index (κ1) is 29.3. The number of carbonyl (C=O) groups excluding carboxylic acids is 2. The lowest BCUT2D eigenvalue weighted by atomic mass is 10.0. The van der Waals surface area contributed by atoms with E-state index in [2.05, 4.69) is 5.32 Å². The van der Waals surface area contributed by atoms with Crippen LogP contribution in [0.15, 0.2) is 72.8 Å². The topological polar surface area (TPSA) is 58.6 Å². The molecule has 4 rings (SSSR count). The second kappa shape index (κ2) is 14.6. The summed E-state index contributed by atoms with van der Waals surface area (Å²) in [4.78, 5) is 29.2. The lowest BCUT2D eigenvalue weighted by molar-refractivity contribution is -0.141. The van der Waals surface area contributed by atoms with Crippen LogP contribution in [0, 0.1) is 0 Å². The Bertz CT molecular complexity index is 1210. The van der Waals surface area contributed by atoms with E-state index in [-0.39, 0.29) is 30.8 Å². The molecule has 0 saturated heterocycles. The number of nitrogens with one attached hydrogen (secondary N) is 1. The normalized spacial score (nSPS) is 14.1. The minimum absolute atomic E-state index is 0.129. The molecule has 1 atom stereocenters. The van der Waals surface area contributed by atoms with Crippen LogP contribution in [0.2, 0.25) is 15.1 Å². The van der Waals surface area contributed by atoms with Crippen LogP contribution in [0.1, 0.15) is 49.7 Å². The first-order chi connectivity index (χ1) is 18.9. The monoisotopic (exact) mass is 586 g/mol. The van der Waals surface area contributed by atoms with Crippen molar-refractivity contribution in [3.05, 3.63) is 99.0 Å². The molecule has 1 aliphatic rings. The van der Waals surface area contributed by atoms with Crippen molar-refractivity contribution in [1.82, 2.24) is 10.2 Å². The Morgan fingerprint density at radius 3 is 2.23 bits per heavy atom. The van der Waals surface area contributed by atoms with Crippen LogP contribution >= 0.6 is 34.8 Å². The minimum Gasteiger partial charge on any atom is -0.494 e. The molecule has 0 heterocycles. The van der Waals surface area contributed by atoms with Crippen LogP contribution in [0.3, 0.4) is 0 Å². The van der Waals surface area contributed by atoms with Gasteiger partial charge in [-0.2, -0.15) is 0 Å². The Morgan fingerprint density at radius 1 is 0.897 bits per heavy atom. The predicted molar refractivity (Wildman–Crippen MR) is 158 cm³/mol. The van der Waals surface area contributed by atoms with E-state index >= 15 is 0 Å². The smallest absolute Gasteiger partial charge is 0.243 e. The van der Waals surface area contributed by atoms with Crippen LogP contribution < -0.4 is 10.1 Å². The number of hydrogen-bond acceptors (Lipinski definition) is 3. The van der Waals surface area contributed by atoms with Gasteiger partial charge in [-0.3, -0.25) is 9.59 Å².